The highest BCUT2D eigenvalue weighted by molar-refractivity contribution is 8.00. The molecule has 5 nitrogen and oxygen atoms in total. The number of rotatable bonds is 4. The van der Waals surface area contributed by atoms with Gasteiger partial charge in [0.05, 0.1) is 5.75 Å². The molecule has 2 rings (SSSR count). The van der Waals surface area contributed by atoms with Gasteiger partial charge in [-0.3, -0.25) is 10.2 Å². The van der Waals surface area contributed by atoms with Gasteiger partial charge >= 0.3 is 6.03 Å². The van der Waals surface area contributed by atoms with E-state index >= 15 is 0 Å². The number of urea groups is 1. The molecule has 0 aromatic heterocycles. The van der Waals surface area contributed by atoms with Gasteiger partial charge < -0.3 is 5.32 Å². The Morgan fingerprint density at radius 1 is 0.955 bits per heavy atom. The van der Waals surface area contributed by atoms with Crippen LogP contribution in [-0.2, 0) is 4.79 Å². The monoisotopic (exact) mass is 315 g/mol. The summed E-state index contributed by atoms with van der Waals surface area (Å²) in [6.07, 6.45) is 0. The van der Waals surface area contributed by atoms with Crippen molar-refractivity contribution in [2.45, 2.75) is 11.8 Å². The third-order valence-electron chi connectivity index (χ3n) is 2.74. The van der Waals surface area contributed by atoms with Gasteiger partial charge in [0.15, 0.2) is 0 Å². The Kier molecular flexibility index (Phi) is 5.85. The lowest BCUT2D eigenvalue weighted by Gasteiger charge is -2.08. The van der Waals surface area contributed by atoms with Crippen molar-refractivity contribution in [2.75, 3.05) is 11.1 Å². The molecule has 2 aromatic rings. The predicted molar refractivity (Wildman–Crippen MR) is 88.6 cm³/mol. The first-order valence-corrected chi connectivity index (χ1v) is 7.72. The number of aryl methyl sites for hydroxylation is 1. The van der Waals surface area contributed by atoms with Crippen molar-refractivity contribution in [3.05, 3.63) is 60.2 Å². The molecule has 0 unspecified atom stereocenters. The van der Waals surface area contributed by atoms with E-state index < -0.39 is 6.03 Å². The quantitative estimate of drug-likeness (QED) is 0.600. The lowest BCUT2D eigenvalue weighted by Crippen LogP contribution is -2.44. The predicted octanol–water partition coefficient (Wildman–Crippen LogP) is 2.94. The fourth-order valence-corrected chi connectivity index (χ4v) is 2.33. The van der Waals surface area contributed by atoms with Gasteiger partial charge in [-0.25, -0.2) is 10.2 Å². The van der Waals surface area contributed by atoms with E-state index in [1.165, 1.54) is 17.3 Å². The Balaban J connectivity index is 1.69. The zero-order valence-corrected chi connectivity index (χ0v) is 12.9. The molecular formula is C16H17N3O2S. The van der Waals surface area contributed by atoms with Crippen LogP contribution < -0.4 is 16.2 Å². The van der Waals surface area contributed by atoms with E-state index in [1.807, 2.05) is 49.4 Å². The molecule has 6 heteroatoms. The van der Waals surface area contributed by atoms with Crippen molar-refractivity contribution in [3.63, 3.8) is 0 Å². The maximum atomic E-state index is 11.7. The average molecular weight is 315 g/mol. The molecule has 0 spiro atoms. The Morgan fingerprint density at radius 3 is 2.32 bits per heavy atom. The number of nitrogens with one attached hydrogen (secondary N) is 3. The third kappa shape index (κ3) is 5.49. The average Bonchev–Trinajstić information content (AvgIpc) is 2.53. The highest BCUT2D eigenvalue weighted by Crippen LogP contribution is 2.17. The topological polar surface area (TPSA) is 70.2 Å². The largest absolute Gasteiger partial charge is 0.337 e. The molecule has 3 amide bonds. The molecule has 0 bridgehead atoms. The van der Waals surface area contributed by atoms with Crippen LogP contribution in [0, 0.1) is 6.92 Å². The molecular weight excluding hydrogens is 298 g/mol. The summed E-state index contributed by atoms with van der Waals surface area (Å²) in [5.74, 6) is -0.0388. The van der Waals surface area contributed by atoms with E-state index in [1.54, 1.807) is 12.1 Å². The summed E-state index contributed by atoms with van der Waals surface area (Å²) >= 11 is 1.41. The van der Waals surface area contributed by atoms with Crippen molar-refractivity contribution < 1.29 is 9.59 Å². The SMILES string of the molecule is Cc1ccc(SCC(=O)NNC(=O)Nc2ccccc2)cc1. The highest BCUT2D eigenvalue weighted by atomic mass is 32.2. The molecule has 0 aliphatic carbocycles. The number of hydrogen-bond acceptors (Lipinski definition) is 3. The summed E-state index contributed by atoms with van der Waals surface area (Å²) < 4.78 is 0. The number of thioether (sulfide) groups is 1. The fraction of sp³-hybridized carbons (Fsp3) is 0.125. The Morgan fingerprint density at radius 2 is 1.64 bits per heavy atom. The number of carbonyl (C=O) groups excluding carboxylic acids is 2. The molecule has 3 N–H and O–H groups in total. The van der Waals surface area contributed by atoms with Gasteiger partial charge in [0.2, 0.25) is 5.91 Å². The van der Waals surface area contributed by atoms with Crippen LogP contribution in [0.4, 0.5) is 10.5 Å². The van der Waals surface area contributed by atoms with Crippen LogP contribution in [0.2, 0.25) is 0 Å². The van der Waals surface area contributed by atoms with Crippen LogP contribution in [0.15, 0.2) is 59.5 Å². The van der Waals surface area contributed by atoms with Gasteiger partial charge in [-0.2, -0.15) is 0 Å². The second-order valence-electron chi connectivity index (χ2n) is 4.60. The van der Waals surface area contributed by atoms with Crippen LogP contribution in [-0.4, -0.2) is 17.7 Å². The number of para-hydroxylation sites is 1. The van der Waals surface area contributed by atoms with Crippen molar-refractivity contribution in [2.24, 2.45) is 0 Å². The molecule has 22 heavy (non-hydrogen) atoms. The molecule has 114 valence electrons. The van der Waals surface area contributed by atoms with Crippen molar-refractivity contribution in [3.8, 4) is 0 Å². The summed E-state index contributed by atoms with van der Waals surface area (Å²) in [6, 6.07) is 16.4. The van der Waals surface area contributed by atoms with Crippen molar-refractivity contribution in [1.29, 1.82) is 0 Å². The summed E-state index contributed by atoms with van der Waals surface area (Å²) in [7, 11) is 0. The van der Waals surface area contributed by atoms with Crippen LogP contribution in [0.25, 0.3) is 0 Å². The molecule has 0 fully saturated rings. The van der Waals surface area contributed by atoms with E-state index in [2.05, 4.69) is 16.2 Å². The summed E-state index contributed by atoms with van der Waals surface area (Å²) in [5.41, 5.74) is 6.51. The standard InChI is InChI=1S/C16H17N3O2S/c1-12-7-9-14(10-8-12)22-11-15(20)18-19-16(21)17-13-5-3-2-4-6-13/h2-10H,11H2,1H3,(H,18,20)(H2,17,19,21). The maximum absolute atomic E-state index is 11.7. The first-order chi connectivity index (χ1) is 10.6. The summed E-state index contributed by atoms with van der Waals surface area (Å²) in [5, 5.41) is 2.61. The number of amides is 3. The van der Waals surface area contributed by atoms with Crippen molar-refractivity contribution in [1.82, 2.24) is 10.9 Å². The summed E-state index contributed by atoms with van der Waals surface area (Å²) in [6.45, 7) is 2.01. The van der Waals surface area contributed by atoms with E-state index in [4.69, 9.17) is 0 Å². The third-order valence-corrected chi connectivity index (χ3v) is 3.75. The van der Waals surface area contributed by atoms with Gasteiger partial charge in [0.25, 0.3) is 0 Å². The van der Waals surface area contributed by atoms with Crippen LogP contribution in [0.1, 0.15) is 5.56 Å². The Labute approximate surface area is 133 Å². The zero-order chi connectivity index (χ0) is 15.8. The highest BCUT2D eigenvalue weighted by Gasteiger charge is 2.05. The van der Waals surface area contributed by atoms with Crippen LogP contribution in [0.3, 0.4) is 0 Å². The van der Waals surface area contributed by atoms with Crippen molar-refractivity contribution >= 4 is 29.4 Å². The van der Waals surface area contributed by atoms with Gasteiger partial charge in [0, 0.05) is 10.6 Å². The normalized spacial score (nSPS) is 9.86. The first kappa shape index (κ1) is 15.9. The van der Waals surface area contributed by atoms with Gasteiger partial charge in [0.1, 0.15) is 0 Å². The molecule has 0 aliphatic heterocycles. The van der Waals surface area contributed by atoms with Crippen LogP contribution in [0.5, 0.6) is 0 Å². The van der Waals surface area contributed by atoms with E-state index in [9.17, 15) is 9.59 Å². The Bertz CT molecular complexity index is 630. The smallest absolute Gasteiger partial charge is 0.307 e. The first-order valence-electron chi connectivity index (χ1n) is 6.74. The molecule has 0 aliphatic rings. The molecule has 0 atom stereocenters. The van der Waals surface area contributed by atoms with E-state index in [0.717, 1.165) is 4.90 Å². The minimum atomic E-state index is -0.486. The minimum Gasteiger partial charge on any atom is -0.307 e. The molecule has 0 saturated heterocycles. The molecule has 2 aromatic carbocycles. The number of hydrazine groups is 1. The van der Waals surface area contributed by atoms with Crippen LogP contribution >= 0.6 is 11.8 Å². The van der Waals surface area contributed by atoms with Gasteiger partial charge in [-0.1, -0.05) is 35.9 Å². The molecule has 0 saturated carbocycles. The molecule has 0 heterocycles. The summed E-state index contributed by atoms with van der Waals surface area (Å²) in [4.78, 5) is 24.3. The number of benzene rings is 2. The Hall–Kier alpha value is -2.47. The fourth-order valence-electron chi connectivity index (χ4n) is 1.63. The second kappa shape index (κ2) is 8.09. The van der Waals surface area contributed by atoms with Gasteiger partial charge in [-0.05, 0) is 31.2 Å². The molecule has 0 radical (unpaired) electrons. The number of hydrogen-bond donors (Lipinski definition) is 3. The maximum Gasteiger partial charge on any atom is 0.337 e. The number of anilines is 1. The zero-order valence-electron chi connectivity index (χ0n) is 12.1. The second-order valence-corrected chi connectivity index (χ2v) is 5.64. The minimum absolute atomic E-state index is 0.231. The van der Waals surface area contributed by atoms with E-state index in [0.29, 0.717) is 5.69 Å². The lowest BCUT2D eigenvalue weighted by atomic mass is 10.2. The van der Waals surface area contributed by atoms with Gasteiger partial charge in [-0.15, -0.1) is 11.8 Å². The number of carbonyl (C=O) groups is 2. The lowest BCUT2D eigenvalue weighted by molar-refractivity contribution is -0.119. The van der Waals surface area contributed by atoms with E-state index in [-0.39, 0.29) is 11.7 Å².